The molecule has 0 spiro atoms. The van der Waals surface area contributed by atoms with Crippen molar-refractivity contribution in [1.29, 1.82) is 0 Å². The predicted octanol–water partition coefficient (Wildman–Crippen LogP) is 1.37. The fraction of sp³-hybridized carbons (Fsp3) is 0.818. The van der Waals surface area contributed by atoms with Gasteiger partial charge >= 0.3 is 0 Å². The molecule has 1 fully saturated rings. The van der Waals surface area contributed by atoms with Gasteiger partial charge in [0.25, 0.3) is 0 Å². The Hall–Kier alpha value is -0.520. The van der Waals surface area contributed by atoms with E-state index in [-0.39, 0.29) is 0 Å². The van der Waals surface area contributed by atoms with Crippen LogP contribution >= 0.6 is 0 Å². The smallest absolute Gasteiger partial charge is 0.0506 e. The van der Waals surface area contributed by atoms with Crippen LogP contribution in [0.25, 0.3) is 0 Å². The molecule has 1 unspecified atom stereocenters. The third-order valence-corrected chi connectivity index (χ3v) is 2.46. The van der Waals surface area contributed by atoms with E-state index in [4.69, 9.17) is 11.2 Å². The molecule has 1 rings (SSSR count). The Kier molecular flexibility index (Phi) is 4.88. The second-order valence-electron chi connectivity index (χ2n) is 3.80. The van der Waals surface area contributed by atoms with Crippen LogP contribution in [-0.2, 0) is 4.74 Å². The summed E-state index contributed by atoms with van der Waals surface area (Å²) < 4.78 is 5.42. The Morgan fingerprint density at radius 1 is 1.62 bits per heavy atom. The van der Waals surface area contributed by atoms with E-state index in [9.17, 15) is 0 Å². The van der Waals surface area contributed by atoms with E-state index in [0.29, 0.717) is 0 Å². The normalized spacial score (nSPS) is 23.0. The molecule has 0 aromatic carbocycles. The van der Waals surface area contributed by atoms with Crippen LogP contribution in [0.3, 0.4) is 0 Å². The standard InChI is InChI=1S/C11H19NO/c1-3-4-7-12(2)9-11-6-5-8-13-10-11/h1,11H,4-10H2,2H3. The molecule has 0 bridgehead atoms. The van der Waals surface area contributed by atoms with Crippen LogP contribution in [0.5, 0.6) is 0 Å². The lowest BCUT2D eigenvalue weighted by Crippen LogP contribution is -2.31. The van der Waals surface area contributed by atoms with Crippen molar-refractivity contribution >= 4 is 0 Å². The highest BCUT2D eigenvalue weighted by Crippen LogP contribution is 2.14. The first-order chi connectivity index (χ1) is 6.33. The summed E-state index contributed by atoms with van der Waals surface area (Å²) in [5.74, 6) is 3.38. The van der Waals surface area contributed by atoms with Gasteiger partial charge in [0.15, 0.2) is 0 Å². The zero-order chi connectivity index (χ0) is 9.52. The topological polar surface area (TPSA) is 12.5 Å². The van der Waals surface area contributed by atoms with E-state index in [0.717, 1.165) is 38.6 Å². The fourth-order valence-electron chi connectivity index (χ4n) is 1.74. The number of hydrogen-bond acceptors (Lipinski definition) is 2. The number of rotatable bonds is 4. The zero-order valence-corrected chi connectivity index (χ0v) is 8.46. The monoisotopic (exact) mass is 181 g/mol. The largest absolute Gasteiger partial charge is 0.381 e. The van der Waals surface area contributed by atoms with Gasteiger partial charge in [-0.25, -0.2) is 0 Å². The molecular formula is C11H19NO. The highest BCUT2D eigenvalue weighted by atomic mass is 16.5. The maximum atomic E-state index is 5.42. The third kappa shape index (κ3) is 4.31. The van der Waals surface area contributed by atoms with Gasteiger partial charge in [-0.3, -0.25) is 0 Å². The molecule has 1 heterocycles. The summed E-state index contributed by atoms with van der Waals surface area (Å²) >= 11 is 0. The van der Waals surface area contributed by atoms with Gasteiger partial charge in [-0.05, 0) is 25.8 Å². The summed E-state index contributed by atoms with van der Waals surface area (Å²) in [7, 11) is 2.13. The minimum Gasteiger partial charge on any atom is -0.381 e. The molecule has 1 aliphatic heterocycles. The van der Waals surface area contributed by atoms with Crippen molar-refractivity contribution in [2.45, 2.75) is 19.3 Å². The van der Waals surface area contributed by atoms with E-state index in [1.807, 2.05) is 0 Å². The molecule has 0 amide bonds. The van der Waals surface area contributed by atoms with Crippen LogP contribution in [-0.4, -0.2) is 38.3 Å². The summed E-state index contributed by atoms with van der Waals surface area (Å²) in [5.41, 5.74) is 0. The second-order valence-corrected chi connectivity index (χ2v) is 3.80. The lowest BCUT2D eigenvalue weighted by Gasteiger charge is -2.26. The van der Waals surface area contributed by atoms with Gasteiger partial charge in [-0.15, -0.1) is 12.3 Å². The first-order valence-electron chi connectivity index (χ1n) is 5.02. The predicted molar refractivity (Wildman–Crippen MR) is 54.5 cm³/mol. The summed E-state index contributed by atoms with van der Waals surface area (Å²) in [6.07, 6.45) is 8.58. The van der Waals surface area contributed by atoms with Gasteiger partial charge in [0, 0.05) is 26.1 Å². The van der Waals surface area contributed by atoms with E-state index in [1.165, 1.54) is 12.8 Å². The maximum Gasteiger partial charge on any atom is 0.0506 e. The average Bonchev–Trinajstić information content (AvgIpc) is 2.16. The molecule has 0 N–H and O–H groups in total. The number of ether oxygens (including phenoxy) is 1. The Morgan fingerprint density at radius 3 is 3.08 bits per heavy atom. The van der Waals surface area contributed by atoms with Gasteiger partial charge in [-0.2, -0.15) is 0 Å². The van der Waals surface area contributed by atoms with Gasteiger partial charge in [-0.1, -0.05) is 0 Å². The van der Waals surface area contributed by atoms with Crippen molar-refractivity contribution in [3.63, 3.8) is 0 Å². The second kappa shape index (κ2) is 6.01. The number of hydrogen-bond donors (Lipinski definition) is 0. The Bertz CT molecular complexity index is 167. The van der Waals surface area contributed by atoms with Crippen LogP contribution in [0.4, 0.5) is 0 Å². The highest BCUT2D eigenvalue weighted by Gasteiger charge is 2.15. The van der Waals surface area contributed by atoms with E-state index >= 15 is 0 Å². The summed E-state index contributed by atoms with van der Waals surface area (Å²) in [5, 5.41) is 0. The fourth-order valence-corrected chi connectivity index (χ4v) is 1.74. The molecule has 1 aliphatic rings. The van der Waals surface area contributed by atoms with Crippen LogP contribution in [0.1, 0.15) is 19.3 Å². The maximum absolute atomic E-state index is 5.42. The first kappa shape index (κ1) is 10.6. The SMILES string of the molecule is C#CCCN(C)CC1CCCOC1. The van der Waals surface area contributed by atoms with E-state index in [2.05, 4.69) is 17.9 Å². The van der Waals surface area contributed by atoms with Gasteiger partial charge < -0.3 is 9.64 Å². The van der Waals surface area contributed by atoms with Crippen molar-refractivity contribution in [1.82, 2.24) is 4.90 Å². The molecule has 0 radical (unpaired) electrons. The summed E-state index contributed by atoms with van der Waals surface area (Å²) in [4.78, 5) is 2.30. The highest BCUT2D eigenvalue weighted by molar-refractivity contribution is 4.84. The molecule has 0 saturated carbocycles. The van der Waals surface area contributed by atoms with Crippen LogP contribution in [0, 0.1) is 18.3 Å². The molecule has 13 heavy (non-hydrogen) atoms. The van der Waals surface area contributed by atoms with Crippen molar-refractivity contribution in [2.75, 3.05) is 33.4 Å². The Labute approximate surface area is 81.3 Å². The molecule has 74 valence electrons. The summed E-state index contributed by atoms with van der Waals surface area (Å²) in [6.45, 7) is 4.01. The van der Waals surface area contributed by atoms with Crippen molar-refractivity contribution in [2.24, 2.45) is 5.92 Å². The van der Waals surface area contributed by atoms with Crippen LogP contribution in [0.2, 0.25) is 0 Å². The molecule has 1 saturated heterocycles. The zero-order valence-electron chi connectivity index (χ0n) is 8.46. The molecular weight excluding hydrogens is 162 g/mol. The van der Waals surface area contributed by atoms with Crippen LogP contribution < -0.4 is 0 Å². The molecule has 2 heteroatoms. The number of nitrogens with zero attached hydrogens (tertiary/aromatic N) is 1. The average molecular weight is 181 g/mol. The Balaban J connectivity index is 2.11. The van der Waals surface area contributed by atoms with Crippen LogP contribution in [0.15, 0.2) is 0 Å². The lowest BCUT2D eigenvalue weighted by molar-refractivity contribution is 0.0423. The van der Waals surface area contributed by atoms with Gasteiger partial charge in [0.05, 0.1) is 6.61 Å². The van der Waals surface area contributed by atoms with Gasteiger partial charge in [0.1, 0.15) is 0 Å². The van der Waals surface area contributed by atoms with Crippen molar-refractivity contribution < 1.29 is 4.74 Å². The molecule has 0 aliphatic carbocycles. The lowest BCUT2D eigenvalue weighted by atomic mass is 10.0. The van der Waals surface area contributed by atoms with E-state index < -0.39 is 0 Å². The Morgan fingerprint density at radius 2 is 2.46 bits per heavy atom. The number of terminal acetylenes is 1. The molecule has 2 nitrogen and oxygen atoms in total. The quantitative estimate of drug-likeness (QED) is 0.607. The van der Waals surface area contributed by atoms with Crippen molar-refractivity contribution in [3.8, 4) is 12.3 Å². The van der Waals surface area contributed by atoms with E-state index in [1.54, 1.807) is 0 Å². The summed E-state index contributed by atoms with van der Waals surface area (Å²) in [6, 6.07) is 0. The van der Waals surface area contributed by atoms with Crippen molar-refractivity contribution in [3.05, 3.63) is 0 Å². The third-order valence-electron chi connectivity index (χ3n) is 2.46. The minimum absolute atomic E-state index is 0.719. The molecule has 0 aromatic rings. The molecule has 1 atom stereocenters. The molecule has 0 aromatic heterocycles. The first-order valence-corrected chi connectivity index (χ1v) is 5.02. The van der Waals surface area contributed by atoms with Gasteiger partial charge in [0.2, 0.25) is 0 Å². The minimum atomic E-state index is 0.719.